The summed E-state index contributed by atoms with van der Waals surface area (Å²) in [6.45, 7) is 11.7. The van der Waals surface area contributed by atoms with Crippen LogP contribution in [-0.2, 0) is 22.5 Å². The summed E-state index contributed by atoms with van der Waals surface area (Å²) in [5.41, 5.74) is 5.64. The van der Waals surface area contributed by atoms with Crippen LogP contribution in [0, 0.1) is 0 Å². The van der Waals surface area contributed by atoms with Crippen molar-refractivity contribution in [3.63, 3.8) is 0 Å². The summed E-state index contributed by atoms with van der Waals surface area (Å²) in [7, 11) is 0. The molecule has 1 saturated heterocycles. The van der Waals surface area contributed by atoms with Crippen LogP contribution in [-0.4, -0.2) is 75.0 Å². The maximum Gasteiger partial charge on any atom is 0.410 e. The number of piperazine rings is 1. The highest BCUT2D eigenvalue weighted by Crippen LogP contribution is 2.34. The topological polar surface area (TPSA) is 112 Å². The van der Waals surface area contributed by atoms with Gasteiger partial charge in [-0.25, -0.2) is 14.8 Å². The lowest BCUT2D eigenvalue weighted by Crippen LogP contribution is -2.50. The fraction of sp³-hybridized carbons (Fsp3) is 0.400. The fourth-order valence-electron chi connectivity index (χ4n) is 6.20. The number of aryl methyl sites for hydroxylation is 1. The molecule has 1 atom stereocenters. The molecule has 6 rings (SSSR count). The molecule has 0 bridgehead atoms. The standard InChI is InChI=1S/C35H40BrN7O4/c1-22-6-9-27-18-26(12-13-29(27)43(22)23(2)44)25-10-7-24(8-11-25)19-37-33(45)28-20-42-21-30(36)39-32(31(42)38-28)40-14-16-41(17-15-40)34(46)47-35(3,4)5/h7-8,10-13,18,20-22H,6,9,14-17,19H2,1-5H3,(H,37,45)/t22-/m0/s1. The van der Waals surface area contributed by atoms with Crippen molar-refractivity contribution in [1.82, 2.24) is 24.6 Å². The Morgan fingerprint density at radius 2 is 1.68 bits per heavy atom. The van der Waals surface area contributed by atoms with Crippen molar-refractivity contribution in [2.45, 2.75) is 65.6 Å². The van der Waals surface area contributed by atoms with Gasteiger partial charge < -0.3 is 29.2 Å². The molecule has 1 N–H and O–H groups in total. The van der Waals surface area contributed by atoms with Crippen molar-refractivity contribution >= 4 is 51.0 Å². The van der Waals surface area contributed by atoms with Crippen LogP contribution in [0.2, 0.25) is 0 Å². The van der Waals surface area contributed by atoms with Crippen LogP contribution in [0.15, 0.2) is 59.5 Å². The van der Waals surface area contributed by atoms with Crippen molar-refractivity contribution in [2.75, 3.05) is 36.0 Å². The molecule has 0 spiro atoms. The number of carbonyl (C=O) groups excluding carboxylic acids is 3. The lowest BCUT2D eigenvalue weighted by atomic mass is 9.93. The van der Waals surface area contributed by atoms with Crippen LogP contribution in [0.1, 0.15) is 62.7 Å². The number of halogens is 1. The van der Waals surface area contributed by atoms with Crippen molar-refractivity contribution in [2.24, 2.45) is 0 Å². The second-order valence-corrected chi connectivity index (χ2v) is 14.0. The van der Waals surface area contributed by atoms with Crippen LogP contribution in [0.5, 0.6) is 0 Å². The van der Waals surface area contributed by atoms with E-state index in [0.717, 1.165) is 35.2 Å². The first kappa shape index (κ1) is 32.5. The Kier molecular flexibility index (Phi) is 8.97. The molecular formula is C35H40BrN7O4. The number of ether oxygens (including phenoxy) is 1. The molecule has 4 heterocycles. The number of hydrogen-bond acceptors (Lipinski definition) is 7. The maximum atomic E-state index is 13.2. The Morgan fingerprint density at radius 1 is 0.979 bits per heavy atom. The molecular weight excluding hydrogens is 662 g/mol. The van der Waals surface area contributed by atoms with Crippen molar-refractivity contribution < 1.29 is 19.1 Å². The second kappa shape index (κ2) is 13.0. The summed E-state index contributed by atoms with van der Waals surface area (Å²) in [4.78, 5) is 52.9. The van der Waals surface area contributed by atoms with Crippen LogP contribution < -0.4 is 15.1 Å². The Labute approximate surface area is 283 Å². The first-order valence-electron chi connectivity index (χ1n) is 15.9. The zero-order valence-corrected chi connectivity index (χ0v) is 29.0. The van der Waals surface area contributed by atoms with E-state index in [2.05, 4.69) is 67.3 Å². The Hall–Kier alpha value is -4.45. The molecule has 2 aromatic heterocycles. The van der Waals surface area contributed by atoms with Crippen molar-refractivity contribution in [3.05, 3.63) is 76.3 Å². The van der Waals surface area contributed by atoms with Crippen molar-refractivity contribution in [3.8, 4) is 11.1 Å². The molecule has 0 radical (unpaired) electrons. The maximum absolute atomic E-state index is 13.2. The van der Waals surface area contributed by atoms with Gasteiger partial charge in [0.2, 0.25) is 5.91 Å². The predicted octanol–water partition coefficient (Wildman–Crippen LogP) is 5.83. The largest absolute Gasteiger partial charge is 0.444 e. The molecule has 0 saturated carbocycles. The van der Waals surface area contributed by atoms with E-state index in [4.69, 9.17) is 4.74 Å². The SMILES string of the molecule is CC(=O)N1c2ccc(-c3ccc(CNC(=O)c4cn5cc(Br)nc(N6CCN(C(=O)OC(C)(C)C)CC6)c5n4)cc3)cc2CC[C@@H]1C. The summed E-state index contributed by atoms with van der Waals surface area (Å²) in [6.07, 6.45) is 5.04. The van der Waals surface area contributed by atoms with Gasteiger partial charge in [-0.15, -0.1) is 0 Å². The third kappa shape index (κ3) is 7.12. The summed E-state index contributed by atoms with van der Waals surface area (Å²) < 4.78 is 7.93. The first-order valence-corrected chi connectivity index (χ1v) is 16.7. The molecule has 2 aliphatic heterocycles. The number of nitrogens with one attached hydrogen (secondary N) is 1. The van der Waals surface area contributed by atoms with Gasteiger partial charge in [-0.2, -0.15) is 0 Å². The summed E-state index contributed by atoms with van der Waals surface area (Å²) in [5, 5.41) is 2.99. The molecule has 246 valence electrons. The lowest BCUT2D eigenvalue weighted by molar-refractivity contribution is -0.117. The van der Waals surface area contributed by atoms with E-state index in [0.29, 0.717) is 48.8 Å². The summed E-state index contributed by atoms with van der Waals surface area (Å²) in [5.74, 6) is 0.429. The molecule has 3 amide bonds. The Morgan fingerprint density at radius 3 is 2.36 bits per heavy atom. The number of anilines is 2. The van der Waals surface area contributed by atoms with E-state index in [1.165, 1.54) is 5.56 Å². The van der Waals surface area contributed by atoms with E-state index >= 15 is 0 Å². The van der Waals surface area contributed by atoms with Gasteiger partial charge in [-0.3, -0.25) is 9.59 Å². The highest BCUT2D eigenvalue weighted by Gasteiger charge is 2.29. The Bertz CT molecular complexity index is 1820. The van der Waals surface area contributed by atoms with Gasteiger partial charge in [0.15, 0.2) is 11.5 Å². The molecule has 1 fully saturated rings. The third-order valence-electron chi connectivity index (χ3n) is 8.55. The zero-order valence-electron chi connectivity index (χ0n) is 27.4. The Balaban J connectivity index is 1.10. The molecule has 0 aliphatic carbocycles. The van der Waals surface area contributed by atoms with Gasteiger partial charge in [0.1, 0.15) is 15.9 Å². The number of fused-ring (bicyclic) bond motifs is 2. The minimum absolute atomic E-state index is 0.0708. The van der Waals surface area contributed by atoms with Crippen LogP contribution in [0.3, 0.4) is 0 Å². The van der Waals surface area contributed by atoms with Crippen LogP contribution in [0.25, 0.3) is 16.8 Å². The van der Waals surface area contributed by atoms with E-state index in [9.17, 15) is 14.4 Å². The lowest BCUT2D eigenvalue weighted by Gasteiger charge is -2.36. The molecule has 47 heavy (non-hydrogen) atoms. The predicted molar refractivity (Wildman–Crippen MR) is 185 cm³/mol. The van der Waals surface area contributed by atoms with Gasteiger partial charge in [0.25, 0.3) is 5.91 Å². The molecule has 4 aromatic rings. The average molecular weight is 703 g/mol. The second-order valence-electron chi connectivity index (χ2n) is 13.2. The third-order valence-corrected chi connectivity index (χ3v) is 8.93. The smallest absolute Gasteiger partial charge is 0.410 e. The van der Waals surface area contributed by atoms with Gasteiger partial charge in [-0.05, 0) is 90.9 Å². The number of carbonyl (C=O) groups is 3. The number of imidazole rings is 1. The number of benzene rings is 2. The number of hydrogen-bond donors (Lipinski definition) is 1. The number of rotatable bonds is 5. The van der Waals surface area contributed by atoms with Gasteiger partial charge in [0.05, 0.1) is 0 Å². The summed E-state index contributed by atoms with van der Waals surface area (Å²) >= 11 is 3.49. The monoisotopic (exact) mass is 701 g/mol. The molecule has 2 aliphatic rings. The quantitative estimate of drug-likeness (QED) is 0.279. The van der Waals surface area contributed by atoms with Gasteiger partial charge >= 0.3 is 6.09 Å². The molecule has 2 aromatic carbocycles. The average Bonchev–Trinajstić information content (AvgIpc) is 3.46. The fourth-order valence-corrected chi connectivity index (χ4v) is 6.59. The highest BCUT2D eigenvalue weighted by molar-refractivity contribution is 9.10. The van der Waals surface area contributed by atoms with E-state index in [1.807, 2.05) is 43.9 Å². The first-order chi connectivity index (χ1) is 22.4. The van der Waals surface area contributed by atoms with E-state index in [-0.39, 0.29) is 29.6 Å². The minimum atomic E-state index is -0.550. The van der Waals surface area contributed by atoms with Gasteiger partial charge in [0, 0.05) is 63.8 Å². The van der Waals surface area contributed by atoms with E-state index in [1.54, 1.807) is 28.6 Å². The van der Waals surface area contributed by atoms with Crippen LogP contribution >= 0.6 is 15.9 Å². The van der Waals surface area contributed by atoms with Crippen LogP contribution in [0.4, 0.5) is 16.3 Å². The normalized spacial score (nSPS) is 16.6. The van der Waals surface area contributed by atoms with Gasteiger partial charge in [-0.1, -0.05) is 30.3 Å². The highest BCUT2D eigenvalue weighted by atomic mass is 79.9. The number of nitrogens with zero attached hydrogens (tertiary/aromatic N) is 6. The number of aromatic nitrogens is 3. The zero-order chi connectivity index (χ0) is 33.5. The minimum Gasteiger partial charge on any atom is -0.444 e. The van der Waals surface area contributed by atoms with E-state index < -0.39 is 5.60 Å². The van der Waals surface area contributed by atoms with Crippen molar-refractivity contribution in [1.29, 1.82) is 0 Å². The molecule has 0 unspecified atom stereocenters. The summed E-state index contributed by atoms with van der Waals surface area (Å²) in [6, 6.07) is 14.6. The molecule has 12 heteroatoms. The number of amides is 3. The molecule has 11 nitrogen and oxygen atoms in total.